The maximum absolute atomic E-state index is 13.4. The number of nitrogens with one attached hydrogen (secondary N) is 2. The molecule has 2 aliphatic rings. The van der Waals surface area contributed by atoms with E-state index in [0.29, 0.717) is 103 Å². The number of nitriles is 1. The van der Waals surface area contributed by atoms with Gasteiger partial charge in [-0.05, 0) is 94.3 Å². The maximum atomic E-state index is 13.4. The zero-order valence-electron chi connectivity index (χ0n) is 43.7. The summed E-state index contributed by atoms with van der Waals surface area (Å²) in [5, 5.41) is 24.7. The molecule has 75 heavy (non-hydrogen) atoms. The monoisotopic (exact) mass is 1020 g/mol. The molecule has 6 heterocycles. The van der Waals surface area contributed by atoms with Gasteiger partial charge in [-0.25, -0.2) is 29.7 Å². The molecular weight excluding hydrogens is 955 g/mol. The van der Waals surface area contributed by atoms with Crippen molar-refractivity contribution in [3.8, 4) is 29.0 Å². The first kappa shape index (κ1) is 54.9. The van der Waals surface area contributed by atoms with E-state index >= 15 is 0 Å². The van der Waals surface area contributed by atoms with Crippen LogP contribution in [0, 0.1) is 16.7 Å². The van der Waals surface area contributed by atoms with Gasteiger partial charge >= 0.3 is 5.97 Å². The fraction of sp³-hybridized carbons (Fsp3) is 0.446. The molecule has 0 unspecified atom stereocenters. The highest BCUT2D eigenvalue weighted by molar-refractivity contribution is 6.13. The van der Waals surface area contributed by atoms with Crippen molar-refractivity contribution in [2.75, 3.05) is 49.2 Å². The Morgan fingerprint density at radius 3 is 2.36 bits per heavy atom. The fourth-order valence-corrected chi connectivity index (χ4v) is 9.00. The number of ketones is 1. The lowest BCUT2D eigenvalue weighted by atomic mass is 9.88. The van der Waals surface area contributed by atoms with Crippen LogP contribution < -0.4 is 25.2 Å². The number of carbonyl (C=O) groups excluding carboxylic acids is 4. The molecule has 0 saturated carbocycles. The number of nitrogens with zero attached hydrogens (tertiary/aromatic N) is 9. The van der Waals surface area contributed by atoms with E-state index in [1.165, 1.54) is 18.3 Å². The standard InChI is InChI=1S/C56H67N11O8/c1-37-34-65(54-61-32-41(33-62-54)44-20-19-43-49(69)56(5,6)67(50(43)63-44)35-40-16-14-25-58-46(40)30-57)26-27-66(37)48(68)36-74-28-12-10-8-7-9-11-24-59-51(70)38-15-13-17-42(29-38)75-47-21-18-39(31-60-47)52(71)64-45(53(72)73)22-23-55(2,3)4/h13-21,25,29,31-33,37,45H,7-12,22-24,26-28,34-36H2,1-6H3,(H,59,70)(H,64,71)(H,72,73)/t37-,45+/m1/s1. The van der Waals surface area contributed by atoms with E-state index in [4.69, 9.17) is 14.5 Å². The second kappa shape index (κ2) is 24.9. The molecule has 2 atom stereocenters. The van der Waals surface area contributed by atoms with Crippen LogP contribution in [0.1, 0.15) is 135 Å². The van der Waals surface area contributed by atoms with Crippen molar-refractivity contribution in [1.29, 1.82) is 5.26 Å². The van der Waals surface area contributed by atoms with Gasteiger partial charge in [0.2, 0.25) is 17.7 Å². The Morgan fingerprint density at radius 1 is 0.893 bits per heavy atom. The summed E-state index contributed by atoms with van der Waals surface area (Å²) in [6.45, 7) is 14.8. The van der Waals surface area contributed by atoms with Gasteiger partial charge in [-0.15, -0.1) is 0 Å². The van der Waals surface area contributed by atoms with Crippen molar-refractivity contribution >= 4 is 41.2 Å². The number of hydrogen-bond acceptors (Lipinski definition) is 15. The molecule has 4 aromatic heterocycles. The van der Waals surface area contributed by atoms with Crippen LogP contribution in [0.15, 0.2) is 85.5 Å². The molecule has 0 spiro atoms. The summed E-state index contributed by atoms with van der Waals surface area (Å²) in [6, 6.07) is 18.0. The number of carboxylic acids is 1. The van der Waals surface area contributed by atoms with Crippen LogP contribution in [0.5, 0.6) is 11.6 Å². The number of hydrogen-bond donors (Lipinski definition) is 3. The topological polar surface area (TPSA) is 246 Å². The van der Waals surface area contributed by atoms with E-state index in [0.717, 1.165) is 38.5 Å². The van der Waals surface area contributed by atoms with Crippen LogP contribution in [0.3, 0.4) is 0 Å². The molecular formula is C56H67N11O8. The molecule has 394 valence electrons. The number of anilines is 2. The summed E-state index contributed by atoms with van der Waals surface area (Å²) in [5.41, 5.74) is 2.54. The number of fused-ring (bicyclic) bond motifs is 1. The molecule has 2 aliphatic heterocycles. The molecule has 3 N–H and O–H groups in total. The average Bonchev–Trinajstić information content (AvgIpc) is 3.60. The molecule has 19 nitrogen and oxygen atoms in total. The van der Waals surface area contributed by atoms with E-state index in [1.54, 1.807) is 61.1 Å². The van der Waals surface area contributed by atoms with E-state index in [1.807, 2.05) is 57.4 Å². The summed E-state index contributed by atoms with van der Waals surface area (Å²) in [6.07, 6.45) is 12.9. The van der Waals surface area contributed by atoms with Crippen molar-refractivity contribution in [3.63, 3.8) is 0 Å². The maximum Gasteiger partial charge on any atom is 0.326 e. The highest BCUT2D eigenvalue weighted by Crippen LogP contribution is 2.40. The molecule has 1 aromatic carbocycles. The Kier molecular flexibility index (Phi) is 18.2. The Bertz CT molecular complexity index is 2860. The number of Topliss-reactive ketones (excluding diaryl/α,β-unsaturated/α-hetero) is 1. The number of unbranched alkanes of at least 4 members (excludes halogenated alkanes) is 5. The average molecular weight is 1020 g/mol. The molecule has 5 aromatic rings. The lowest BCUT2D eigenvalue weighted by molar-refractivity contribution is -0.140. The summed E-state index contributed by atoms with van der Waals surface area (Å²) >= 11 is 0. The molecule has 1 fully saturated rings. The second-order valence-corrected chi connectivity index (χ2v) is 20.7. The Labute approximate surface area is 438 Å². The zero-order valence-corrected chi connectivity index (χ0v) is 43.7. The Morgan fingerprint density at radius 2 is 1.65 bits per heavy atom. The Balaban J connectivity index is 0.751. The number of aromatic nitrogens is 5. The van der Waals surface area contributed by atoms with Crippen LogP contribution in [0.2, 0.25) is 0 Å². The summed E-state index contributed by atoms with van der Waals surface area (Å²) in [5.74, 6) is -0.235. The van der Waals surface area contributed by atoms with Gasteiger partial charge in [0.15, 0.2) is 5.78 Å². The highest BCUT2D eigenvalue weighted by atomic mass is 16.5. The summed E-state index contributed by atoms with van der Waals surface area (Å²) in [7, 11) is 0. The van der Waals surface area contributed by atoms with Gasteiger partial charge in [0.05, 0.1) is 22.4 Å². The normalized spacial score (nSPS) is 15.5. The van der Waals surface area contributed by atoms with Crippen LogP contribution in [-0.2, 0) is 20.9 Å². The van der Waals surface area contributed by atoms with Gasteiger partial charge in [-0.2, -0.15) is 5.26 Å². The number of rotatable bonds is 23. The fourth-order valence-electron chi connectivity index (χ4n) is 9.00. The number of carbonyl (C=O) groups is 5. The minimum atomic E-state index is -1.09. The predicted molar refractivity (Wildman–Crippen MR) is 281 cm³/mol. The Hall–Kier alpha value is -7.85. The van der Waals surface area contributed by atoms with Crippen molar-refractivity contribution in [1.82, 2.24) is 40.5 Å². The van der Waals surface area contributed by atoms with Crippen LogP contribution >= 0.6 is 0 Å². The van der Waals surface area contributed by atoms with Gasteiger partial charge in [0, 0.05) is 92.9 Å². The SMILES string of the molecule is C[C@@H]1CN(c2ncc(-c3ccc4c(n3)N(Cc3cccnc3C#N)C(C)(C)C4=O)cn2)CCN1C(=O)COCCCCCCCCNC(=O)c1cccc(Oc2ccc(C(=O)N[C@@H](CCC(C)(C)C)C(=O)O)cn2)c1. The first-order valence-electron chi connectivity index (χ1n) is 25.6. The van der Waals surface area contributed by atoms with Gasteiger partial charge < -0.3 is 39.9 Å². The van der Waals surface area contributed by atoms with E-state index < -0.39 is 23.5 Å². The highest BCUT2D eigenvalue weighted by Gasteiger charge is 2.45. The first-order valence-corrected chi connectivity index (χ1v) is 25.6. The van der Waals surface area contributed by atoms with Crippen molar-refractivity contribution in [2.45, 2.75) is 117 Å². The lowest BCUT2D eigenvalue weighted by Gasteiger charge is -2.39. The third kappa shape index (κ3) is 14.5. The van der Waals surface area contributed by atoms with Gasteiger partial charge in [-0.1, -0.05) is 58.6 Å². The minimum Gasteiger partial charge on any atom is -0.480 e. The molecule has 1 saturated heterocycles. The van der Waals surface area contributed by atoms with Crippen molar-refractivity contribution in [2.24, 2.45) is 5.41 Å². The van der Waals surface area contributed by atoms with Crippen molar-refractivity contribution < 1.29 is 38.6 Å². The third-order valence-corrected chi connectivity index (χ3v) is 13.4. The molecule has 7 rings (SSSR count). The number of benzene rings is 1. The molecule has 3 amide bonds. The number of carboxylic acid groups (broad SMARTS) is 1. The minimum absolute atomic E-state index is 0.0280. The second-order valence-electron chi connectivity index (χ2n) is 20.7. The number of piperazine rings is 1. The number of aliphatic carboxylic acids is 1. The van der Waals surface area contributed by atoms with Gasteiger partial charge in [0.1, 0.15) is 36.0 Å². The number of pyridine rings is 3. The van der Waals surface area contributed by atoms with Gasteiger partial charge in [-0.3, -0.25) is 19.2 Å². The number of amides is 3. The van der Waals surface area contributed by atoms with Crippen LogP contribution in [-0.4, -0.2) is 121 Å². The molecule has 0 radical (unpaired) electrons. The van der Waals surface area contributed by atoms with Crippen molar-refractivity contribution in [3.05, 3.63) is 113 Å². The van der Waals surface area contributed by atoms with E-state index in [-0.39, 0.29) is 47.1 Å². The molecule has 0 bridgehead atoms. The van der Waals surface area contributed by atoms with E-state index in [9.17, 15) is 34.3 Å². The van der Waals surface area contributed by atoms with Gasteiger partial charge in [0.25, 0.3) is 11.8 Å². The largest absolute Gasteiger partial charge is 0.480 e. The van der Waals surface area contributed by atoms with Crippen LogP contribution in [0.4, 0.5) is 11.8 Å². The molecule has 19 heteroatoms. The molecule has 0 aliphatic carbocycles. The summed E-state index contributed by atoms with van der Waals surface area (Å²) in [4.78, 5) is 92.4. The zero-order chi connectivity index (χ0) is 53.7. The third-order valence-electron chi connectivity index (χ3n) is 13.4. The summed E-state index contributed by atoms with van der Waals surface area (Å²) < 4.78 is 11.6. The lowest BCUT2D eigenvalue weighted by Crippen LogP contribution is -2.55. The quantitative estimate of drug-likeness (QED) is 0.0528. The first-order chi connectivity index (χ1) is 35.9. The predicted octanol–water partition coefficient (Wildman–Crippen LogP) is 7.81. The number of ether oxygens (including phenoxy) is 2. The smallest absolute Gasteiger partial charge is 0.326 e. The van der Waals surface area contributed by atoms with E-state index in [2.05, 4.69) is 41.5 Å². The van der Waals surface area contributed by atoms with Crippen LogP contribution in [0.25, 0.3) is 11.3 Å².